The van der Waals surface area contributed by atoms with Crippen molar-refractivity contribution in [3.63, 3.8) is 0 Å². The molecule has 0 amide bonds. The first-order valence-electron chi connectivity index (χ1n) is 9.76. The van der Waals surface area contributed by atoms with Crippen LogP contribution in [0.3, 0.4) is 0 Å². The smallest absolute Gasteiger partial charge is 0.118 e. The van der Waals surface area contributed by atoms with Crippen molar-refractivity contribution in [1.29, 1.82) is 0 Å². The Kier molecular flexibility index (Phi) is 5.07. The number of fused-ring (bicyclic) bond motifs is 1. The maximum absolute atomic E-state index is 5.24. The van der Waals surface area contributed by atoms with Gasteiger partial charge in [0.2, 0.25) is 0 Å². The fourth-order valence-electron chi connectivity index (χ4n) is 4.74. The van der Waals surface area contributed by atoms with Crippen LogP contribution in [-0.4, -0.2) is 31.6 Å². The topological polar surface area (TPSA) is 12.5 Å². The maximum Gasteiger partial charge on any atom is 0.118 e. The average Bonchev–Trinajstić information content (AvgIpc) is 3.11. The number of aryl methyl sites for hydroxylation is 1. The Morgan fingerprint density at radius 3 is 2.48 bits per heavy atom. The zero-order valence-corrected chi connectivity index (χ0v) is 15.3. The van der Waals surface area contributed by atoms with Crippen LogP contribution >= 0.6 is 0 Å². The summed E-state index contributed by atoms with van der Waals surface area (Å²) in [5.74, 6) is 2.65. The molecule has 1 aliphatic heterocycles. The van der Waals surface area contributed by atoms with E-state index in [2.05, 4.69) is 53.4 Å². The molecular weight excluding hydrogens is 306 g/mol. The van der Waals surface area contributed by atoms with Crippen molar-refractivity contribution in [2.45, 2.75) is 38.0 Å². The van der Waals surface area contributed by atoms with Gasteiger partial charge in [-0.15, -0.1) is 0 Å². The Hall–Kier alpha value is -1.80. The van der Waals surface area contributed by atoms with Crippen LogP contribution in [0.25, 0.3) is 0 Å². The van der Waals surface area contributed by atoms with E-state index in [1.165, 1.54) is 50.9 Å². The molecule has 1 aliphatic carbocycles. The standard InChI is InChI=1S/C23H29NO/c1-25-21-9-6-18(7-10-21)12-15-24-16-13-20(14-17-24)23-11-8-19-4-2-3-5-22(19)23/h2-7,9-10,20,23H,8,11-17H2,1H3. The molecule has 2 aliphatic rings. The van der Waals surface area contributed by atoms with Crippen LogP contribution in [0.4, 0.5) is 0 Å². The molecule has 0 N–H and O–H groups in total. The molecule has 0 spiro atoms. The van der Waals surface area contributed by atoms with Crippen molar-refractivity contribution in [2.24, 2.45) is 5.92 Å². The second kappa shape index (κ2) is 7.61. The van der Waals surface area contributed by atoms with Gasteiger partial charge in [0, 0.05) is 6.54 Å². The lowest BCUT2D eigenvalue weighted by Gasteiger charge is -2.35. The first-order valence-corrected chi connectivity index (χ1v) is 9.76. The molecule has 2 aromatic carbocycles. The van der Waals surface area contributed by atoms with Crippen LogP contribution in [0.2, 0.25) is 0 Å². The molecule has 0 radical (unpaired) electrons. The molecule has 2 nitrogen and oxygen atoms in total. The van der Waals surface area contributed by atoms with E-state index in [1.807, 2.05) is 0 Å². The first kappa shape index (κ1) is 16.7. The van der Waals surface area contributed by atoms with Crippen LogP contribution < -0.4 is 4.74 Å². The van der Waals surface area contributed by atoms with Gasteiger partial charge in [-0.1, -0.05) is 36.4 Å². The van der Waals surface area contributed by atoms with Crippen molar-refractivity contribution in [3.05, 3.63) is 65.2 Å². The Labute approximate surface area is 151 Å². The third-order valence-electron chi connectivity index (χ3n) is 6.26. The average molecular weight is 335 g/mol. The van der Waals surface area contributed by atoms with Gasteiger partial charge >= 0.3 is 0 Å². The third-order valence-corrected chi connectivity index (χ3v) is 6.26. The van der Waals surface area contributed by atoms with E-state index in [0.717, 1.165) is 24.0 Å². The van der Waals surface area contributed by atoms with E-state index in [9.17, 15) is 0 Å². The van der Waals surface area contributed by atoms with Gasteiger partial charge in [-0.05, 0) is 85.9 Å². The predicted octanol–water partition coefficient (Wildman–Crippen LogP) is 4.68. The molecule has 1 fully saturated rings. The highest BCUT2D eigenvalue weighted by Crippen LogP contribution is 2.42. The number of piperidine rings is 1. The van der Waals surface area contributed by atoms with E-state index >= 15 is 0 Å². The zero-order chi connectivity index (χ0) is 17.1. The van der Waals surface area contributed by atoms with Gasteiger partial charge in [-0.25, -0.2) is 0 Å². The molecule has 2 heteroatoms. The van der Waals surface area contributed by atoms with Crippen LogP contribution in [0.5, 0.6) is 5.75 Å². The number of hydrogen-bond acceptors (Lipinski definition) is 2. The van der Waals surface area contributed by atoms with Gasteiger partial charge in [-0.2, -0.15) is 0 Å². The normalized spacial score (nSPS) is 21.2. The molecule has 1 saturated heterocycles. The Balaban J connectivity index is 1.27. The number of ether oxygens (including phenoxy) is 1. The lowest BCUT2D eigenvalue weighted by molar-refractivity contribution is 0.169. The van der Waals surface area contributed by atoms with Crippen LogP contribution in [0.15, 0.2) is 48.5 Å². The van der Waals surface area contributed by atoms with Crippen LogP contribution in [0, 0.1) is 5.92 Å². The van der Waals surface area contributed by atoms with Gasteiger partial charge in [0.15, 0.2) is 0 Å². The van der Waals surface area contributed by atoms with Crippen molar-refractivity contribution in [1.82, 2.24) is 4.90 Å². The summed E-state index contributed by atoms with van der Waals surface area (Å²) < 4.78 is 5.24. The highest BCUT2D eigenvalue weighted by Gasteiger charge is 2.31. The Morgan fingerprint density at radius 1 is 0.960 bits per heavy atom. The van der Waals surface area contributed by atoms with Crippen LogP contribution in [0.1, 0.15) is 41.9 Å². The summed E-state index contributed by atoms with van der Waals surface area (Å²) in [7, 11) is 1.72. The molecule has 1 heterocycles. The molecule has 0 saturated carbocycles. The third kappa shape index (κ3) is 3.74. The minimum Gasteiger partial charge on any atom is -0.497 e. The lowest BCUT2D eigenvalue weighted by Crippen LogP contribution is -2.36. The second-order valence-electron chi connectivity index (χ2n) is 7.62. The quantitative estimate of drug-likeness (QED) is 0.786. The summed E-state index contributed by atoms with van der Waals surface area (Å²) in [6.45, 7) is 3.71. The Bertz CT molecular complexity index is 685. The molecule has 132 valence electrons. The number of benzene rings is 2. The van der Waals surface area contributed by atoms with Gasteiger partial charge in [-0.3, -0.25) is 0 Å². The Morgan fingerprint density at radius 2 is 1.72 bits per heavy atom. The molecule has 1 atom stereocenters. The monoisotopic (exact) mass is 335 g/mol. The highest BCUT2D eigenvalue weighted by atomic mass is 16.5. The number of rotatable bonds is 5. The van der Waals surface area contributed by atoms with Gasteiger partial charge in [0.05, 0.1) is 7.11 Å². The van der Waals surface area contributed by atoms with E-state index in [0.29, 0.717) is 0 Å². The zero-order valence-electron chi connectivity index (χ0n) is 15.3. The highest BCUT2D eigenvalue weighted by molar-refractivity contribution is 5.35. The molecule has 0 aromatic heterocycles. The van der Waals surface area contributed by atoms with Crippen molar-refractivity contribution >= 4 is 0 Å². The van der Waals surface area contributed by atoms with E-state index in [-0.39, 0.29) is 0 Å². The van der Waals surface area contributed by atoms with Crippen molar-refractivity contribution < 1.29 is 4.74 Å². The summed E-state index contributed by atoms with van der Waals surface area (Å²) >= 11 is 0. The summed E-state index contributed by atoms with van der Waals surface area (Å²) in [5, 5.41) is 0. The summed E-state index contributed by atoms with van der Waals surface area (Å²) in [4.78, 5) is 2.65. The molecule has 25 heavy (non-hydrogen) atoms. The number of likely N-dealkylation sites (tertiary alicyclic amines) is 1. The summed E-state index contributed by atoms with van der Waals surface area (Å²) in [6.07, 6.45) is 6.53. The minimum absolute atomic E-state index is 0.819. The number of methoxy groups -OCH3 is 1. The van der Waals surface area contributed by atoms with Crippen molar-refractivity contribution in [2.75, 3.05) is 26.7 Å². The van der Waals surface area contributed by atoms with E-state index < -0.39 is 0 Å². The maximum atomic E-state index is 5.24. The summed E-state index contributed by atoms with van der Waals surface area (Å²) in [5.41, 5.74) is 4.67. The van der Waals surface area contributed by atoms with Gasteiger partial charge in [0.25, 0.3) is 0 Å². The van der Waals surface area contributed by atoms with E-state index in [1.54, 1.807) is 18.2 Å². The molecule has 1 unspecified atom stereocenters. The fraction of sp³-hybridized carbons (Fsp3) is 0.478. The molecule has 4 rings (SSSR count). The molecule has 2 aromatic rings. The molecular formula is C23H29NO. The van der Waals surface area contributed by atoms with Gasteiger partial charge < -0.3 is 9.64 Å². The predicted molar refractivity (Wildman–Crippen MR) is 103 cm³/mol. The van der Waals surface area contributed by atoms with Crippen molar-refractivity contribution in [3.8, 4) is 5.75 Å². The fourth-order valence-corrected chi connectivity index (χ4v) is 4.74. The van der Waals surface area contributed by atoms with E-state index in [4.69, 9.17) is 4.74 Å². The van der Waals surface area contributed by atoms with Gasteiger partial charge in [0.1, 0.15) is 5.75 Å². The molecule has 0 bridgehead atoms. The van der Waals surface area contributed by atoms with Crippen LogP contribution in [-0.2, 0) is 12.8 Å². The number of nitrogens with zero attached hydrogens (tertiary/aromatic N) is 1. The summed E-state index contributed by atoms with van der Waals surface area (Å²) in [6, 6.07) is 17.7. The lowest BCUT2D eigenvalue weighted by atomic mass is 9.81. The largest absolute Gasteiger partial charge is 0.497 e. The minimum atomic E-state index is 0.819. The number of hydrogen-bond donors (Lipinski definition) is 0. The SMILES string of the molecule is COc1ccc(CCN2CCC(C3CCc4ccccc43)CC2)cc1. The second-order valence-corrected chi connectivity index (χ2v) is 7.62. The first-order chi connectivity index (χ1) is 12.3.